The predicted molar refractivity (Wildman–Crippen MR) is 90.6 cm³/mol. The summed E-state index contributed by atoms with van der Waals surface area (Å²) in [5.74, 6) is 0. The van der Waals surface area contributed by atoms with E-state index in [0.29, 0.717) is 0 Å². The topological polar surface area (TPSA) is 3.24 Å². The molecular weight excluding hydrogens is 366 g/mol. The van der Waals surface area contributed by atoms with E-state index in [1.54, 1.807) is 0 Å². The van der Waals surface area contributed by atoms with Gasteiger partial charge in [0.2, 0.25) is 0 Å². The normalized spacial score (nSPS) is 10.5. The Hall–Kier alpha value is -0.800. The molecular formula is C16H17Br2N. The van der Waals surface area contributed by atoms with Gasteiger partial charge in [-0.3, -0.25) is 0 Å². The van der Waals surface area contributed by atoms with E-state index >= 15 is 0 Å². The maximum Gasteiger partial charge on any atom is 0.0422 e. The third-order valence-electron chi connectivity index (χ3n) is 3.15. The molecule has 0 saturated carbocycles. The van der Waals surface area contributed by atoms with Gasteiger partial charge in [0, 0.05) is 27.7 Å². The molecule has 0 spiro atoms. The molecule has 19 heavy (non-hydrogen) atoms. The molecule has 0 unspecified atom stereocenters. The maximum atomic E-state index is 3.63. The zero-order chi connectivity index (χ0) is 13.8. The van der Waals surface area contributed by atoms with Crippen LogP contribution in [0.1, 0.15) is 18.1 Å². The summed E-state index contributed by atoms with van der Waals surface area (Å²) in [6.07, 6.45) is 0. The van der Waals surface area contributed by atoms with E-state index in [2.05, 4.69) is 93.1 Å². The number of aryl methyl sites for hydroxylation is 1. The van der Waals surface area contributed by atoms with E-state index in [9.17, 15) is 0 Å². The van der Waals surface area contributed by atoms with Crippen LogP contribution >= 0.6 is 31.9 Å². The molecule has 0 N–H and O–H groups in total. The van der Waals surface area contributed by atoms with Crippen molar-refractivity contribution in [1.29, 1.82) is 0 Å². The fourth-order valence-electron chi connectivity index (χ4n) is 2.05. The number of halogens is 2. The first kappa shape index (κ1) is 14.6. The van der Waals surface area contributed by atoms with E-state index in [-0.39, 0.29) is 0 Å². The second-order valence-corrected chi connectivity index (χ2v) is 5.90. The number of hydrogen-bond acceptors (Lipinski definition) is 1. The van der Waals surface area contributed by atoms with Crippen LogP contribution in [0, 0.1) is 6.92 Å². The Morgan fingerprint density at radius 1 is 1.00 bits per heavy atom. The van der Waals surface area contributed by atoms with Crippen molar-refractivity contribution in [2.75, 3.05) is 11.4 Å². The Kier molecular flexibility index (Phi) is 5.06. The van der Waals surface area contributed by atoms with Crippen molar-refractivity contribution in [3.05, 3.63) is 58.1 Å². The van der Waals surface area contributed by atoms with Crippen LogP contribution in [0.5, 0.6) is 0 Å². The van der Waals surface area contributed by atoms with Gasteiger partial charge in [0.15, 0.2) is 0 Å². The van der Waals surface area contributed by atoms with E-state index < -0.39 is 0 Å². The molecule has 0 radical (unpaired) electrons. The average molecular weight is 383 g/mol. The highest BCUT2D eigenvalue weighted by molar-refractivity contribution is 9.10. The minimum Gasteiger partial charge on any atom is -0.342 e. The number of alkyl halides is 1. The van der Waals surface area contributed by atoms with Crippen LogP contribution in [0.2, 0.25) is 0 Å². The van der Waals surface area contributed by atoms with Crippen molar-refractivity contribution in [3.63, 3.8) is 0 Å². The van der Waals surface area contributed by atoms with E-state index in [1.807, 2.05) is 0 Å². The fourth-order valence-corrected chi connectivity index (χ4v) is 3.42. The van der Waals surface area contributed by atoms with Crippen LogP contribution in [-0.2, 0) is 5.33 Å². The summed E-state index contributed by atoms with van der Waals surface area (Å²) in [4.78, 5) is 2.31. The molecule has 100 valence electrons. The van der Waals surface area contributed by atoms with Crippen LogP contribution in [0.15, 0.2) is 46.9 Å². The van der Waals surface area contributed by atoms with E-state index in [1.165, 1.54) is 22.5 Å². The Bertz CT molecular complexity index is 549. The molecule has 1 nitrogen and oxygen atoms in total. The molecule has 0 amide bonds. The molecule has 0 aromatic heterocycles. The lowest BCUT2D eigenvalue weighted by Gasteiger charge is -2.24. The zero-order valence-corrected chi connectivity index (χ0v) is 14.3. The van der Waals surface area contributed by atoms with Crippen molar-refractivity contribution in [3.8, 4) is 0 Å². The fraction of sp³-hybridized carbons (Fsp3) is 0.250. The summed E-state index contributed by atoms with van der Waals surface area (Å²) in [5.41, 5.74) is 4.99. The second kappa shape index (κ2) is 6.58. The highest BCUT2D eigenvalue weighted by atomic mass is 79.9. The maximum absolute atomic E-state index is 3.63. The number of hydrogen-bond donors (Lipinski definition) is 0. The second-order valence-electron chi connectivity index (χ2n) is 4.49. The van der Waals surface area contributed by atoms with Crippen LogP contribution in [-0.4, -0.2) is 6.54 Å². The van der Waals surface area contributed by atoms with Crippen LogP contribution in [0.3, 0.4) is 0 Å². The predicted octanol–water partition coefficient (Wildman–Crippen LogP) is 5.81. The highest BCUT2D eigenvalue weighted by Crippen LogP contribution is 2.30. The molecule has 2 aromatic rings. The quantitative estimate of drug-likeness (QED) is 0.603. The lowest BCUT2D eigenvalue weighted by molar-refractivity contribution is 1.02. The van der Waals surface area contributed by atoms with Gasteiger partial charge in [-0.15, -0.1) is 0 Å². The molecule has 0 atom stereocenters. The smallest absolute Gasteiger partial charge is 0.0422 e. The molecule has 3 heteroatoms. The summed E-state index contributed by atoms with van der Waals surface area (Å²) >= 11 is 7.13. The summed E-state index contributed by atoms with van der Waals surface area (Å²) in [6, 6.07) is 15.2. The monoisotopic (exact) mass is 381 g/mol. The third-order valence-corrected chi connectivity index (χ3v) is 4.50. The van der Waals surface area contributed by atoms with Gasteiger partial charge >= 0.3 is 0 Å². The first-order valence-electron chi connectivity index (χ1n) is 6.34. The third kappa shape index (κ3) is 3.40. The molecule has 0 bridgehead atoms. The first-order chi connectivity index (χ1) is 9.15. The molecule has 0 heterocycles. The standard InChI is InChI=1S/C16H17Br2N/c1-3-19(14-7-4-12(2)5-8-14)15-9-6-13(11-17)16(18)10-15/h4-10H,3,11H2,1-2H3. The Balaban J connectivity index is 2.36. The summed E-state index contributed by atoms with van der Waals surface area (Å²) in [5, 5.41) is 0.866. The zero-order valence-electron chi connectivity index (χ0n) is 11.2. The highest BCUT2D eigenvalue weighted by Gasteiger charge is 2.09. The summed E-state index contributed by atoms with van der Waals surface area (Å²) < 4.78 is 1.15. The summed E-state index contributed by atoms with van der Waals surface area (Å²) in [6.45, 7) is 5.23. The van der Waals surface area contributed by atoms with Crippen molar-refractivity contribution in [2.24, 2.45) is 0 Å². The van der Waals surface area contributed by atoms with Crippen molar-refractivity contribution < 1.29 is 0 Å². The van der Waals surface area contributed by atoms with Gasteiger partial charge in [0.25, 0.3) is 0 Å². The van der Waals surface area contributed by atoms with Gasteiger partial charge < -0.3 is 4.90 Å². The molecule has 0 aliphatic heterocycles. The Morgan fingerprint density at radius 2 is 1.63 bits per heavy atom. The lowest BCUT2D eigenvalue weighted by atomic mass is 10.1. The number of nitrogens with zero attached hydrogens (tertiary/aromatic N) is 1. The molecule has 2 rings (SSSR count). The molecule has 0 fully saturated rings. The number of anilines is 2. The van der Waals surface area contributed by atoms with Gasteiger partial charge in [0.1, 0.15) is 0 Å². The van der Waals surface area contributed by atoms with Gasteiger partial charge in [-0.25, -0.2) is 0 Å². The molecule has 2 aromatic carbocycles. The van der Waals surface area contributed by atoms with Gasteiger partial charge in [-0.2, -0.15) is 0 Å². The number of rotatable bonds is 4. The van der Waals surface area contributed by atoms with Crippen molar-refractivity contribution in [1.82, 2.24) is 0 Å². The van der Waals surface area contributed by atoms with Crippen LogP contribution < -0.4 is 4.90 Å². The minimum absolute atomic E-state index is 0.866. The molecule has 0 aliphatic rings. The van der Waals surface area contributed by atoms with E-state index in [0.717, 1.165) is 16.3 Å². The van der Waals surface area contributed by atoms with Crippen molar-refractivity contribution in [2.45, 2.75) is 19.2 Å². The first-order valence-corrected chi connectivity index (χ1v) is 8.25. The molecule has 0 saturated heterocycles. The molecule has 0 aliphatic carbocycles. The largest absolute Gasteiger partial charge is 0.342 e. The van der Waals surface area contributed by atoms with Crippen LogP contribution in [0.25, 0.3) is 0 Å². The SMILES string of the molecule is CCN(c1ccc(C)cc1)c1ccc(CBr)c(Br)c1. The van der Waals surface area contributed by atoms with Gasteiger partial charge in [0.05, 0.1) is 0 Å². The lowest BCUT2D eigenvalue weighted by Crippen LogP contribution is -2.15. The van der Waals surface area contributed by atoms with E-state index in [4.69, 9.17) is 0 Å². The van der Waals surface area contributed by atoms with Crippen molar-refractivity contribution >= 4 is 43.2 Å². The van der Waals surface area contributed by atoms with Crippen LogP contribution in [0.4, 0.5) is 11.4 Å². The minimum atomic E-state index is 0.866. The number of benzene rings is 2. The van der Waals surface area contributed by atoms with Gasteiger partial charge in [-0.05, 0) is 43.7 Å². The average Bonchev–Trinajstić information content (AvgIpc) is 2.42. The Labute approximate surface area is 131 Å². The Morgan fingerprint density at radius 3 is 2.16 bits per heavy atom. The summed E-state index contributed by atoms with van der Waals surface area (Å²) in [7, 11) is 0. The van der Waals surface area contributed by atoms with Gasteiger partial charge in [-0.1, -0.05) is 55.6 Å².